The summed E-state index contributed by atoms with van der Waals surface area (Å²) >= 11 is 1.62. The number of aromatic nitrogens is 2. The zero-order chi connectivity index (χ0) is 9.26. The SMILES string of the molecule is Nc1cc(SC2COC2)nc(N)n1. The second-order valence-corrected chi connectivity index (χ2v) is 4.09. The first-order valence-electron chi connectivity index (χ1n) is 3.88. The van der Waals surface area contributed by atoms with Gasteiger partial charge in [0.2, 0.25) is 5.95 Å². The van der Waals surface area contributed by atoms with Crippen molar-refractivity contribution in [2.75, 3.05) is 24.7 Å². The summed E-state index contributed by atoms with van der Waals surface area (Å²) < 4.78 is 5.04. The van der Waals surface area contributed by atoms with E-state index >= 15 is 0 Å². The number of nitrogens with zero attached hydrogens (tertiary/aromatic N) is 2. The molecule has 0 aromatic carbocycles. The summed E-state index contributed by atoms with van der Waals surface area (Å²) in [7, 11) is 0. The predicted molar refractivity (Wildman–Crippen MR) is 51.3 cm³/mol. The average Bonchev–Trinajstić information content (AvgIpc) is 1.95. The van der Waals surface area contributed by atoms with Gasteiger partial charge < -0.3 is 16.2 Å². The Labute approximate surface area is 79.9 Å². The second kappa shape index (κ2) is 3.39. The van der Waals surface area contributed by atoms with Gasteiger partial charge in [-0.1, -0.05) is 11.8 Å². The van der Waals surface area contributed by atoms with Crippen molar-refractivity contribution in [1.29, 1.82) is 0 Å². The number of hydrogen-bond donors (Lipinski definition) is 2. The van der Waals surface area contributed by atoms with Crippen molar-refractivity contribution < 1.29 is 4.74 Å². The fourth-order valence-corrected chi connectivity index (χ4v) is 1.98. The molecule has 0 saturated carbocycles. The molecule has 5 nitrogen and oxygen atoms in total. The Balaban J connectivity index is 2.10. The maximum atomic E-state index is 5.52. The van der Waals surface area contributed by atoms with Gasteiger partial charge in [-0.25, -0.2) is 4.98 Å². The highest BCUT2D eigenvalue weighted by Crippen LogP contribution is 2.27. The lowest BCUT2D eigenvalue weighted by Crippen LogP contribution is -2.30. The Bertz CT molecular complexity index is 295. The zero-order valence-electron chi connectivity index (χ0n) is 6.93. The van der Waals surface area contributed by atoms with Crippen molar-refractivity contribution in [1.82, 2.24) is 9.97 Å². The Hall–Kier alpha value is -1.01. The molecular formula is C7H10N4OS. The van der Waals surface area contributed by atoms with Crippen LogP contribution in [0.1, 0.15) is 0 Å². The van der Waals surface area contributed by atoms with Crippen LogP contribution < -0.4 is 11.5 Å². The molecule has 0 unspecified atom stereocenters. The second-order valence-electron chi connectivity index (χ2n) is 2.77. The molecule has 2 heterocycles. The lowest BCUT2D eigenvalue weighted by Gasteiger charge is -2.24. The number of thioether (sulfide) groups is 1. The maximum Gasteiger partial charge on any atom is 0.223 e. The maximum absolute atomic E-state index is 5.52. The fraction of sp³-hybridized carbons (Fsp3) is 0.429. The van der Waals surface area contributed by atoms with Gasteiger partial charge in [0, 0.05) is 6.07 Å². The highest BCUT2D eigenvalue weighted by molar-refractivity contribution is 8.00. The molecule has 70 valence electrons. The molecule has 0 spiro atoms. The highest BCUT2D eigenvalue weighted by Gasteiger charge is 2.20. The van der Waals surface area contributed by atoms with Gasteiger partial charge in [-0.3, -0.25) is 0 Å². The third-order valence-electron chi connectivity index (χ3n) is 1.63. The van der Waals surface area contributed by atoms with Gasteiger partial charge in [-0.2, -0.15) is 4.98 Å². The smallest absolute Gasteiger partial charge is 0.223 e. The molecule has 1 aliphatic heterocycles. The first-order valence-corrected chi connectivity index (χ1v) is 4.76. The van der Waals surface area contributed by atoms with Crippen molar-refractivity contribution in [2.24, 2.45) is 0 Å². The average molecular weight is 198 g/mol. The third kappa shape index (κ3) is 2.02. The summed E-state index contributed by atoms with van der Waals surface area (Å²) in [6.07, 6.45) is 0. The number of rotatable bonds is 2. The summed E-state index contributed by atoms with van der Waals surface area (Å²) in [4.78, 5) is 7.84. The number of nitrogen functional groups attached to an aromatic ring is 2. The van der Waals surface area contributed by atoms with Crippen LogP contribution in [0.2, 0.25) is 0 Å². The van der Waals surface area contributed by atoms with E-state index in [2.05, 4.69) is 9.97 Å². The van der Waals surface area contributed by atoms with Crippen LogP contribution in [0.3, 0.4) is 0 Å². The van der Waals surface area contributed by atoms with Gasteiger partial charge >= 0.3 is 0 Å². The van der Waals surface area contributed by atoms with Crippen LogP contribution in [0.15, 0.2) is 11.1 Å². The summed E-state index contributed by atoms with van der Waals surface area (Å²) in [5.41, 5.74) is 11.0. The standard InChI is InChI=1S/C7H10N4OS/c8-5-1-6(11-7(9)10-5)13-4-2-12-3-4/h1,4H,2-3H2,(H4,8,9,10,11). The monoisotopic (exact) mass is 198 g/mol. The number of anilines is 2. The Kier molecular flexibility index (Phi) is 2.24. The summed E-state index contributed by atoms with van der Waals surface area (Å²) in [5.74, 6) is 0.637. The Morgan fingerprint density at radius 3 is 2.69 bits per heavy atom. The van der Waals surface area contributed by atoms with Crippen molar-refractivity contribution >= 4 is 23.5 Å². The van der Waals surface area contributed by atoms with Gasteiger partial charge in [0.25, 0.3) is 0 Å². The van der Waals surface area contributed by atoms with Crippen LogP contribution in [-0.2, 0) is 4.74 Å². The number of hydrogen-bond acceptors (Lipinski definition) is 6. The van der Waals surface area contributed by atoms with Gasteiger partial charge in [0.15, 0.2) is 0 Å². The predicted octanol–water partition coefficient (Wildman–Crippen LogP) is 0.132. The van der Waals surface area contributed by atoms with E-state index in [-0.39, 0.29) is 5.95 Å². The first kappa shape index (κ1) is 8.58. The van der Waals surface area contributed by atoms with E-state index in [9.17, 15) is 0 Å². The molecule has 4 N–H and O–H groups in total. The van der Waals surface area contributed by atoms with E-state index in [1.54, 1.807) is 17.8 Å². The first-order chi connectivity index (χ1) is 6.24. The van der Waals surface area contributed by atoms with E-state index in [1.165, 1.54) is 0 Å². The summed E-state index contributed by atoms with van der Waals surface area (Å²) in [6.45, 7) is 1.54. The Morgan fingerprint density at radius 2 is 2.15 bits per heavy atom. The molecule has 0 bridgehead atoms. The molecule has 1 aromatic heterocycles. The van der Waals surface area contributed by atoms with Crippen LogP contribution in [0, 0.1) is 0 Å². The highest BCUT2D eigenvalue weighted by atomic mass is 32.2. The van der Waals surface area contributed by atoms with Gasteiger partial charge in [-0.15, -0.1) is 0 Å². The van der Waals surface area contributed by atoms with Crippen LogP contribution >= 0.6 is 11.8 Å². The summed E-state index contributed by atoms with van der Waals surface area (Å²) in [5, 5.41) is 1.30. The minimum atomic E-state index is 0.225. The molecule has 1 saturated heterocycles. The lowest BCUT2D eigenvalue weighted by atomic mass is 10.4. The van der Waals surface area contributed by atoms with Crippen molar-refractivity contribution in [2.45, 2.75) is 10.3 Å². The molecule has 1 fully saturated rings. The molecule has 0 amide bonds. The van der Waals surface area contributed by atoms with Gasteiger partial charge in [-0.05, 0) is 0 Å². The van der Waals surface area contributed by atoms with Crippen molar-refractivity contribution in [3.05, 3.63) is 6.07 Å². The van der Waals surface area contributed by atoms with Crippen molar-refractivity contribution in [3.63, 3.8) is 0 Å². The van der Waals surface area contributed by atoms with E-state index in [4.69, 9.17) is 16.2 Å². The van der Waals surface area contributed by atoms with Crippen LogP contribution in [0.5, 0.6) is 0 Å². The number of nitrogens with two attached hydrogens (primary N) is 2. The molecule has 0 radical (unpaired) electrons. The van der Waals surface area contributed by atoms with Crippen molar-refractivity contribution in [3.8, 4) is 0 Å². The normalized spacial score (nSPS) is 16.9. The topological polar surface area (TPSA) is 87.0 Å². The zero-order valence-corrected chi connectivity index (χ0v) is 7.75. The largest absolute Gasteiger partial charge is 0.383 e. The third-order valence-corrected chi connectivity index (χ3v) is 2.69. The van der Waals surface area contributed by atoms with Crippen LogP contribution in [0.25, 0.3) is 0 Å². The lowest BCUT2D eigenvalue weighted by molar-refractivity contribution is 0.0454. The molecule has 13 heavy (non-hydrogen) atoms. The Morgan fingerprint density at radius 1 is 1.38 bits per heavy atom. The molecular weight excluding hydrogens is 188 g/mol. The van der Waals surface area contributed by atoms with Crippen LogP contribution in [0.4, 0.5) is 11.8 Å². The molecule has 1 aliphatic rings. The molecule has 2 rings (SSSR count). The quantitative estimate of drug-likeness (QED) is 0.657. The molecule has 1 aromatic rings. The van der Waals surface area contributed by atoms with E-state index in [1.807, 2.05) is 0 Å². The van der Waals surface area contributed by atoms with Gasteiger partial charge in [0.05, 0.1) is 18.5 Å². The summed E-state index contributed by atoms with van der Waals surface area (Å²) in [6, 6.07) is 1.72. The molecule has 0 aliphatic carbocycles. The van der Waals surface area contributed by atoms with E-state index < -0.39 is 0 Å². The minimum Gasteiger partial charge on any atom is -0.383 e. The fourth-order valence-electron chi connectivity index (χ4n) is 0.974. The van der Waals surface area contributed by atoms with Gasteiger partial charge in [0.1, 0.15) is 10.8 Å². The van der Waals surface area contributed by atoms with E-state index in [0.717, 1.165) is 18.2 Å². The number of ether oxygens (including phenoxy) is 1. The van der Waals surface area contributed by atoms with E-state index in [0.29, 0.717) is 11.1 Å². The molecule has 6 heteroatoms. The minimum absolute atomic E-state index is 0.225. The molecule has 0 atom stereocenters. The van der Waals surface area contributed by atoms with Crippen LogP contribution in [-0.4, -0.2) is 28.4 Å².